The van der Waals surface area contributed by atoms with Gasteiger partial charge in [-0.15, -0.1) is 0 Å². The number of aliphatic hydroxyl groups is 6. The van der Waals surface area contributed by atoms with Crippen LogP contribution in [0.15, 0.2) is 34.1 Å². The normalized spacial score (nSPS) is 31.8. The number of anilines is 2. The molecule has 21 heteroatoms. The highest BCUT2D eigenvalue weighted by Crippen LogP contribution is 2.42. The Bertz CT molecular complexity index is 1820. The van der Waals surface area contributed by atoms with E-state index in [0.29, 0.717) is 0 Å². The maximum atomic E-state index is 11.9. The van der Waals surface area contributed by atoms with Crippen molar-refractivity contribution in [2.24, 2.45) is 0 Å². The second-order valence-electron chi connectivity index (χ2n) is 11.2. The van der Waals surface area contributed by atoms with Crippen LogP contribution in [0.2, 0.25) is 0 Å². The van der Waals surface area contributed by atoms with E-state index in [9.17, 15) is 40.0 Å². The quantitative estimate of drug-likeness (QED) is 0.0867. The summed E-state index contributed by atoms with van der Waals surface area (Å²) in [6.07, 6.45) is -4.11. The van der Waals surface area contributed by atoms with E-state index in [1.807, 2.05) is 0 Å². The molecule has 4 aromatic rings. The number of nitrogens with two attached hydrogens (primary N) is 2. The topological polar surface area (TPSA) is 323 Å². The molecule has 2 fully saturated rings. The number of nitrogen functional groups attached to an aromatic ring is 2. The zero-order valence-electron chi connectivity index (χ0n) is 24.5. The molecular formula is C25H35N8O12P. The summed E-state index contributed by atoms with van der Waals surface area (Å²) in [7, 11) is -2.04. The molecule has 6 rings (SSSR count). The lowest BCUT2D eigenvalue weighted by molar-refractivity contribution is -0.0948. The van der Waals surface area contributed by atoms with E-state index in [4.69, 9.17) is 30.6 Å². The van der Waals surface area contributed by atoms with Gasteiger partial charge in [0.1, 0.15) is 42.0 Å². The Labute approximate surface area is 259 Å². The molecule has 6 heterocycles. The van der Waals surface area contributed by atoms with E-state index in [1.54, 1.807) is 0 Å². The molecule has 0 aliphatic carbocycles. The second-order valence-corrected chi connectivity index (χ2v) is 12.4. The molecular weight excluding hydrogens is 635 g/mol. The fourth-order valence-corrected chi connectivity index (χ4v) is 5.87. The van der Waals surface area contributed by atoms with Gasteiger partial charge < -0.3 is 70.1 Å². The summed E-state index contributed by atoms with van der Waals surface area (Å²) in [6, 6.07) is 3.01. The van der Waals surface area contributed by atoms with Gasteiger partial charge in [0.15, 0.2) is 32.1 Å². The maximum Gasteiger partial charge on any atom is 0.261 e. The Morgan fingerprint density at radius 2 is 1.33 bits per heavy atom. The predicted octanol–water partition coefficient (Wildman–Crippen LogP) is -3.10. The van der Waals surface area contributed by atoms with Crippen molar-refractivity contribution < 1.29 is 49.5 Å². The summed E-state index contributed by atoms with van der Waals surface area (Å²) < 4.78 is 19.0. The number of H-pyrrole nitrogens is 2. The van der Waals surface area contributed by atoms with E-state index in [1.165, 1.54) is 47.5 Å². The first kappa shape index (κ1) is 33.8. The summed E-state index contributed by atoms with van der Waals surface area (Å²) >= 11 is 0. The molecule has 13 N–H and O–H groups in total. The lowest BCUT2D eigenvalue weighted by Gasteiger charge is -2.27. The third kappa shape index (κ3) is 5.89. The molecule has 0 radical (unpaired) electrons. The van der Waals surface area contributed by atoms with Gasteiger partial charge in [-0.25, -0.2) is 0 Å². The Kier molecular flexibility index (Phi) is 9.25. The van der Waals surface area contributed by atoms with Gasteiger partial charge in [-0.2, -0.15) is 9.97 Å². The molecule has 3 unspecified atom stereocenters. The SMILES string of the molecule is C[C@@]1(O)C(O)[C@@H](CO)O[C@H]1n1ccc2c(=O)[nH]c(N)nc21.C[C@@]1(O)C(O)[C@@H](COP(O)CO)O[C@H]1n1ccc2c(=O)[nH]c(N)nc21. The molecule has 0 aromatic carbocycles. The lowest BCUT2D eigenvalue weighted by Crippen LogP contribution is -2.44. The molecule has 0 spiro atoms. The van der Waals surface area contributed by atoms with Crippen LogP contribution in [0.1, 0.15) is 26.3 Å². The van der Waals surface area contributed by atoms with Gasteiger partial charge >= 0.3 is 0 Å². The van der Waals surface area contributed by atoms with Crippen LogP contribution >= 0.6 is 8.38 Å². The molecule has 20 nitrogen and oxygen atoms in total. The zero-order valence-corrected chi connectivity index (χ0v) is 25.4. The van der Waals surface area contributed by atoms with Gasteiger partial charge in [-0.05, 0) is 26.0 Å². The standard InChI is InChI=1S/C13H19N4O7P.C12H16N4O5/c1-13(21)8(19)7(4-23-25(22)5-18)24-11(13)17-3-2-6-9(17)15-12(14)16-10(6)20;1-12(20)7(18)6(4-17)21-10(12)16-3-2-5-8(16)14-11(13)15-9(5)19/h2-3,7-8,11,18-19,21-22H,4-5H2,1H3,(H3,14,15,16,20);2-3,6-7,10,17-18,20H,4H2,1H3,(H3,13,14,15,19)/t7-,8?,11-,13-,25?;6-,7?,10-,12-/m11/s1. The average Bonchev–Trinajstić information content (AvgIpc) is 3.71. The molecule has 0 amide bonds. The fourth-order valence-electron chi connectivity index (χ4n) is 5.47. The van der Waals surface area contributed by atoms with E-state index in [2.05, 4.69) is 19.9 Å². The van der Waals surface area contributed by atoms with Crippen molar-refractivity contribution in [3.05, 3.63) is 45.2 Å². The van der Waals surface area contributed by atoms with Crippen LogP contribution < -0.4 is 22.6 Å². The van der Waals surface area contributed by atoms with Gasteiger partial charge in [0.05, 0.1) is 24.0 Å². The highest BCUT2D eigenvalue weighted by Gasteiger charge is 2.54. The first-order valence-electron chi connectivity index (χ1n) is 13.8. The number of hydrogen-bond donors (Lipinski definition) is 11. The first-order valence-corrected chi connectivity index (χ1v) is 15.2. The van der Waals surface area contributed by atoms with Gasteiger partial charge in [-0.3, -0.25) is 19.6 Å². The molecule has 4 aromatic heterocycles. The Morgan fingerprint density at radius 3 is 1.74 bits per heavy atom. The third-order valence-corrected chi connectivity index (χ3v) is 8.59. The van der Waals surface area contributed by atoms with Crippen LogP contribution in [0.3, 0.4) is 0 Å². The van der Waals surface area contributed by atoms with Crippen LogP contribution in [-0.4, -0.2) is 120 Å². The number of nitrogens with zero attached hydrogens (tertiary/aromatic N) is 4. The van der Waals surface area contributed by atoms with Crippen LogP contribution in [-0.2, 0) is 14.0 Å². The van der Waals surface area contributed by atoms with Crippen molar-refractivity contribution in [2.75, 3.05) is 31.0 Å². The molecule has 9 atom stereocenters. The van der Waals surface area contributed by atoms with Gasteiger partial charge in [0.2, 0.25) is 11.9 Å². The second kappa shape index (κ2) is 12.6. The number of rotatable bonds is 7. The molecule has 2 aliphatic rings. The van der Waals surface area contributed by atoms with Crippen LogP contribution in [0.5, 0.6) is 0 Å². The Hall–Kier alpha value is -3.53. The minimum absolute atomic E-state index is 0.0654. The van der Waals surface area contributed by atoms with E-state index in [-0.39, 0.29) is 40.6 Å². The first-order chi connectivity index (χ1) is 21.6. The van der Waals surface area contributed by atoms with Crippen molar-refractivity contribution >= 4 is 42.3 Å². The summed E-state index contributed by atoms with van der Waals surface area (Å²) in [6.45, 7) is 2.09. The molecule has 252 valence electrons. The Morgan fingerprint density at radius 1 is 0.891 bits per heavy atom. The highest BCUT2D eigenvalue weighted by molar-refractivity contribution is 7.45. The fraction of sp³-hybridized carbons (Fsp3) is 0.520. The van der Waals surface area contributed by atoms with Crippen LogP contribution in [0.25, 0.3) is 22.1 Å². The molecule has 0 bridgehead atoms. The number of aromatic nitrogens is 6. The number of nitrogens with one attached hydrogen (secondary N) is 2. The van der Waals surface area contributed by atoms with Crippen molar-refractivity contribution in [3.63, 3.8) is 0 Å². The van der Waals surface area contributed by atoms with E-state index < -0.39 is 80.5 Å². The maximum absolute atomic E-state index is 11.9. The lowest BCUT2D eigenvalue weighted by atomic mass is 9.96. The van der Waals surface area contributed by atoms with Gasteiger partial charge in [0.25, 0.3) is 11.1 Å². The average molecular weight is 671 g/mol. The number of ether oxygens (including phenoxy) is 2. The van der Waals surface area contributed by atoms with Gasteiger partial charge in [-0.1, -0.05) is 0 Å². The largest absolute Gasteiger partial charge is 0.394 e. The third-order valence-electron chi connectivity index (χ3n) is 7.90. The number of aliphatic hydroxyl groups excluding tert-OH is 4. The van der Waals surface area contributed by atoms with Crippen LogP contribution in [0, 0.1) is 0 Å². The monoisotopic (exact) mass is 670 g/mol. The number of hydrogen-bond acceptors (Lipinski definition) is 16. The number of fused-ring (bicyclic) bond motifs is 2. The van der Waals surface area contributed by atoms with E-state index in [0.717, 1.165) is 0 Å². The van der Waals surface area contributed by atoms with Crippen molar-refractivity contribution in [1.82, 2.24) is 29.1 Å². The molecule has 46 heavy (non-hydrogen) atoms. The van der Waals surface area contributed by atoms with Crippen molar-refractivity contribution in [2.45, 2.75) is 61.9 Å². The minimum Gasteiger partial charge on any atom is -0.394 e. The summed E-state index contributed by atoms with van der Waals surface area (Å²) in [5, 5.41) is 60.0. The smallest absolute Gasteiger partial charge is 0.261 e. The van der Waals surface area contributed by atoms with Gasteiger partial charge in [0, 0.05) is 12.4 Å². The molecule has 2 aliphatic heterocycles. The summed E-state index contributed by atoms with van der Waals surface area (Å²) in [5.74, 6) is -0.159. The van der Waals surface area contributed by atoms with E-state index >= 15 is 0 Å². The number of aromatic amines is 2. The highest BCUT2D eigenvalue weighted by atomic mass is 31.2. The molecule has 0 saturated carbocycles. The predicted molar refractivity (Wildman–Crippen MR) is 160 cm³/mol. The minimum atomic E-state index is -2.04. The van der Waals surface area contributed by atoms with Crippen molar-refractivity contribution in [3.8, 4) is 0 Å². The Balaban J connectivity index is 0.000000184. The summed E-state index contributed by atoms with van der Waals surface area (Å²) in [4.78, 5) is 45.9. The van der Waals surface area contributed by atoms with Crippen LogP contribution in [0.4, 0.5) is 11.9 Å². The summed E-state index contributed by atoms with van der Waals surface area (Å²) in [5.41, 5.74) is 7.29. The zero-order chi connectivity index (χ0) is 33.7. The molecule has 2 saturated heterocycles. The van der Waals surface area contributed by atoms with Crippen molar-refractivity contribution in [1.29, 1.82) is 0 Å².